The van der Waals surface area contributed by atoms with Gasteiger partial charge in [0.2, 0.25) is 5.91 Å². The molecule has 17 heavy (non-hydrogen) atoms. The molecule has 0 radical (unpaired) electrons. The molecule has 2 aliphatic rings. The smallest absolute Gasteiger partial charge is 0.226 e. The maximum atomic E-state index is 12.6. The van der Waals surface area contributed by atoms with Crippen molar-refractivity contribution in [2.24, 2.45) is 23.5 Å². The number of carbonyl (C=O) groups excluding carboxylic acids is 1. The standard InChI is InChI=1S/C14H26N2O/c1-10-7-11(2)16(9-10)14(17)13-6-4-3-5-12(13)8-15/h10-13H,3-9,15H2,1-2H3. The number of amides is 1. The normalized spacial score (nSPS) is 38.4. The molecule has 98 valence electrons. The molecule has 2 rings (SSSR count). The number of nitrogens with two attached hydrogens (primary N) is 1. The summed E-state index contributed by atoms with van der Waals surface area (Å²) >= 11 is 0. The van der Waals surface area contributed by atoms with Crippen molar-refractivity contribution >= 4 is 5.91 Å². The van der Waals surface area contributed by atoms with E-state index in [4.69, 9.17) is 5.73 Å². The van der Waals surface area contributed by atoms with Gasteiger partial charge in [-0.2, -0.15) is 0 Å². The third kappa shape index (κ3) is 2.65. The van der Waals surface area contributed by atoms with Crippen LogP contribution in [0.3, 0.4) is 0 Å². The van der Waals surface area contributed by atoms with Gasteiger partial charge in [-0.15, -0.1) is 0 Å². The van der Waals surface area contributed by atoms with Crippen LogP contribution in [0.4, 0.5) is 0 Å². The molecule has 1 aliphatic carbocycles. The Labute approximate surface area is 105 Å². The van der Waals surface area contributed by atoms with Gasteiger partial charge in [-0.05, 0) is 44.6 Å². The summed E-state index contributed by atoms with van der Waals surface area (Å²) in [7, 11) is 0. The van der Waals surface area contributed by atoms with Gasteiger partial charge in [-0.25, -0.2) is 0 Å². The SMILES string of the molecule is CC1CC(C)N(C(=O)C2CCCCC2CN)C1. The number of rotatable bonds is 2. The Morgan fingerprint density at radius 2 is 2.00 bits per heavy atom. The number of hydrogen-bond donors (Lipinski definition) is 1. The molecule has 0 spiro atoms. The Morgan fingerprint density at radius 3 is 2.59 bits per heavy atom. The van der Waals surface area contributed by atoms with Gasteiger partial charge in [0.25, 0.3) is 0 Å². The fourth-order valence-electron chi connectivity index (χ4n) is 3.63. The summed E-state index contributed by atoms with van der Waals surface area (Å²) in [5, 5.41) is 0. The Balaban J connectivity index is 2.02. The molecule has 0 aromatic carbocycles. The molecule has 1 saturated carbocycles. The first-order chi connectivity index (χ1) is 8.13. The number of nitrogens with zero attached hydrogens (tertiary/aromatic N) is 1. The van der Waals surface area contributed by atoms with Crippen molar-refractivity contribution in [2.75, 3.05) is 13.1 Å². The lowest BCUT2D eigenvalue weighted by molar-refractivity contribution is -0.139. The van der Waals surface area contributed by atoms with E-state index in [1.165, 1.54) is 12.8 Å². The summed E-state index contributed by atoms with van der Waals surface area (Å²) in [6, 6.07) is 0.429. The van der Waals surface area contributed by atoms with Crippen molar-refractivity contribution in [3.05, 3.63) is 0 Å². The van der Waals surface area contributed by atoms with E-state index in [9.17, 15) is 4.79 Å². The lowest BCUT2D eigenvalue weighted by atomic mass is 9.78. The molecular formula is C14H26N2O. The third-order valence-corrected chi connectivity index (χ3v) is 4.60. The predicted octanol–water partition coefficient (Wildman–Crippen LogP) is 2.01. The fraction of sp³-hybridized carbons (Fsp3) is 0.929. The summed E-state index contributed by atoms with van der Waals surface area (Å²) in [6.07, 6.45) is 5.80. The maximum Gasteiger partial charge on any atom is 0.226 e. The zero-order valence-corrected chi connectivity index (χ0v) is 11.2. The average molecular weight is 238 g/mol. The first-order valence-electron chi connectivity index (χ1n) is 7.14. The fourth-order valence-corrected chi connectivity index (χ4v) is 3.63. The van der Waals surface area contributed by atoms with Crippen molar-refractivity contribution in [3.63, 3.8) is 0 Å². The highest BCUT2D eigenvalue weighted by Gasteiger charge is 2.37. The predicted molar refractivity (Wildman–Crippen MR) is 69.5 cm³/mol. The second kappa shape index (κ2) is 5.38. The summed E-state index contributed by atoms with van der Waals surface area (Å²) in [4.78, 5) is 14.7. The molecule has 3 heteroatoms. The van der Waals surface area contributed by atoms with E-state index >= 15 is 0 Å². The van der Waals surface area contributed by atoms with Gasteiger partial charge >= 0.3 is 0 Å². The van der Waals surface area contributed by atoms with Crippen LogP contribution < -0.4 is 5.73 Å². The zero-order chi connectivity index (χ0) is 12.4. The quantitative estimate of drug-likeness (QED) is 0.800. The largest absolute Gasteiger partial charge is 0.339 e. The van der Waals surface area contributed by atoms with Crippen LogP contribution in [0.5, 0.6) is 0 Å². The molecule has 1 aliphatic heterocycles. The van der Waals surface area contributed by atoms with Crippen LogP contribution in [-0.4, -0.2) is 29.9 Å². The number of hydrogen-bond acceptors (Lipinski definition) is 2. The Bertz CT molecular complexity index is 279. The van der Waals surface area contributed by atoms with E-state index in [2.05, 4.69) is 18.7 Å². The zero-order valence-electron chi connectivity index (χ0n) is 11.2. The molecule has 0 aromatic rings. The minimum absolute atomic E-state index is 0.210. The van der Waals surface area contributed by atoms with Crippen molar-refractivity contribution in [2.45, 2.75) is 52.0 Å². The molecule has 0 aromatic heterocycles. The van der Waals surface area contributed by atoms with E-state index < -0.39 is 0 Å². The van der Waals surface area contributed by atoms with Crippen LogP contribution in [0.25, 0.3) is 0 Å². The van der Waals surface area contributed by atoms with Gasteiger partial charge in [0.15, 0.2) is 0 Å². The third-order valence-electron chi connectivity index (χ3n) is 4.60. The van der Waals surface area contributed by atoms with Gasteiger partial charge < -0.3 is 10.6 Å². The van der Waals surface area contributed by atoms with E-state index in [-0.39, 0.29) is 5.92 Å². The van der Waals surface area contributed by atoms with Crippen LogP contribution in [0.2, 0.25) is 0 Å². The minimum atomic E-state index is 0.210. The first kappa shape index (κ1) is 12.9. The van der Waals surface area contributed by atoms with E-state index in [0.717, 1.165) is 25.8 Å². The van der Waals surface area contributed by atoms with Gasteiger partial charge in [0, 0.05) is 18.5 Å². The molecule has 2 N–H and O–H groups in total. The van der Waals surface area contributed by atoms with Crippen LogP contribution in [0.1, 0.15) is 46.0 Å². The van der Waals surface area contributed by atoms with Crippen LogP contribution in [0.15, 0.2) is 0 Å². The highest BCUT2D eigenvalue weighted by Crippen LogP contribution is 2.33. The van der Waals surface area contributed by atoms with Gasteiger partial charge in [0.05, 0.1) is 0 Å². The number of carbonyl (C=O) groups is 1. The molecular weight excluding hydrogens is 212 g/mol. The molecule has 1 amide bonds. The van der Waals surface area contributed by atoms with Gasteiger partial charge in [-0.1, -0.05) is 19.8 Å². The molecule has 1 saturated heterocycles. The van der Waals surface area contributed by atoms with Crippen molar-refractivity contribution in [1.29, 1.82) is 0 Å². The summed E-state index contributed by atoms with van der Waals surface area (Å²) in [6.45, 7) is 6.05. The van der Waals surface area contributed by atoms with Crippen molar-refractivity contribution < 1.29 is 4.79 Å². The summed E-state index contributed by atoms with van der Waals surface area (Å²) in [5.74, 6) is 1.69. The molecule has 2 fully saturated rings. The van der Waals surface area contributed by atoms with Crippen LogP contribution in [0, 0.1) is 17.8 Å². The Hall–Kier alpha value is -0.570. The van der Waals surface area contributed by atoms with E-state index in [0.29, 0.717) is 30.3 Å². The molecule has 1 heterocycles. The molecule has 0 bridgehead atoms. The van der Waals surface area contributed by atoms with E-state index in [1.807, 2.05) is 0 Å². The first-order valence-corrected chi connectivity index (χ1v) is 7.14. The Kier molecular flexibility index (Phi) is 4.08. The summed E-state index contributed by atoms with van der Waals surface area (Å²) < 4.78 is 0. The van der Waals surface area contributed by atoms with Crippen molar-refractivity contribution in [3.8, 4) is 0 Å². The molecule has 4 atom stereocenters. The molecule has 3 nitrogen and oxygen atoms in total. The highest BCUT2D eigenvalue weighted by molar-refractivity contribution is 5.80. The van der Waals surface area contributed by atoms with Crippen LogP contribution >= 0.6 is 0 Å². The Morgan fingerprint density at radius 1 is 1.29 bits per heavy atom. The summed E-state index contributed by atoms with van der Waals surface area (Å²) in [5.41, 5.74) is 5.82. The number of likely N-dealkylation sites (tertiary alicyclic amines) is 1. The maximum absolute atomic E-state index is 12.6. The monoisotopic (exact) mass is 238 g/mol. The minimum Gasteiger partial charge on any atom is -0.339 e. The average Bonchev–Trinajstić information content (AvgIpc) is 2.67. The molecule has 4 unspecified atom stereocenters. The lowest BCUT2D eigenvalue weighted by Crippen LogP contribution is -2.43. The van der Waals surface area contributed by atoms with Gasteiger partial charge in [0.1, 0.15) is 0 Å². The van der Waals surface area contributed by atoms with E-state index in [1.54, 1.807) is 0 Å². The highest BCUT2D eigenvalue weighted by atomic mass is 16.2. The topological polar surface area (TPSA) is 46.3 Å². The second-order valence-electron chi connectivity index (χ2n) is 6.07. The van der Waals surface area contributed by atoms with Crippen LogP contribution in [-0.2, 0) is 4.79 Å². The second-order valence-corrected chi connectivity index (χ2v) is 6.07. The lowest BCUT2D eigenvalue weighted by Gasteiger charge is -2.34. The van der Waals surface area contributed by atoms with Crippen molar-refractivity contribution in [1.82, 2.24) is 4.90 Å². The van der Waals surface area contributed by atoms with Gasteiger partial charge in [-0.3, -0.25) is 4.79 Å².